The predicted molar refractivity (Wildman–Crippen MR) is 115 cm³/mol. The quantitative estimate of drug-likeness (QED) is 0.633. The predicted octanol–water partition coefficient (Wildman–Crippen LogP) is 6.52. The molecular formula is C25H36O2. The average molecular weight is 369 g/mol. The minimum atomic E-state index is -0.101. The van der Waals surface area contributed by atoms with E-state index in [-0.39, 0.29) is 10.8 Å². The molecule has 0 aliphatic rings. The Bertz CT molecular complexity index is 802. The van der Waals surface area contributed by atoms with Gasteiger partial charge in [-0.3, -0.25) is 0 Å². The van der Waals surface area contributed by atoms with Crippen molar-refractivity contribution in [3.05, 3.63) is 56.6 Å². The summed E-state index contributed by atoms with van der Waals surface area (Å²) in [5, 5.41) is 21.6. The summed E-state index contributed by atoms with van der Waals surface area (Å²) >= 11 is 0. The number of benzene rings is 2. The number of hydrogen-bond donors (Lipinski definition) is 2. The Morgan fingerprint density at radius 1 is 0.630 bits per heavy atom. The molecule has 0 unspecified atom stereocenters. The summed E-state index contributed by atoms with van der Waals surface area (Å²) in [7, 11) is 0. The molecule has 0 atom stereocenters. The molecule has 0 amide bonds. The summed E-state index contributed by atoms with van der Waals surface area (Å²) in [6.45, 7) is 21.0. The summed E-state index contributed by atoms with van der Waals surface area (Å²) in [6.07, 6.45) is 0.714. The third-order valence-corrected chi connectivity index (χ3v) is 5.77. The summed E-state index contributed by atoms with van der Waals surface area (Å²) in [6, 6.07) is 4.23. The molecule has 0 saturated carbocycles. The van der Waals surface area contributed by atoms with Crippen LogP contribution in [0.15, 0.2) is 12.1 Å². The largest absolute Gasteiger partial charge is 0.507 e. The van der Waals surface area contributed by atoms with Crippen molar-refractivity contribution < 1.29 is 10.2 Å². The highest BCUT2D eigenvalue weighted by atomic mass is 16.3. The van der Waals surface area contributed by atoms with E-state index in [9.17, 15) is 10.2 Å². The normalized spacial score (nSPS) is 12.5. The maximum absolute atomic E-state index is 10.8. The van der Waals surface area contributed by atoms with Gasteiger partial charge in [0, 0.05) is 0 Å². The number of phenolic OH excluding ortho intramolecular Hbond substituents is 2. The Balaban J connectivity index is 2.62. The topological polar surface area (TPSA) is 40.5 Å². The third-order valence-electron chi connectivity index (χ3n) is 5.77. The van der Waals surface area contributed by atoms with Gasteiger partial charge in [-0.15, -0.1) is 0 Å². The molecule has 0 saturated heterocycles. The van der Waals surface area contributed by atoms with E-state index in [1.165, 1.54) is 11.1 Å². The van der Waals surface area contributed by atoms with Crippen LogP contribution in [0.3, 0.4) is 0 Å². The number of aromatic hydroxyl groups is 2. The van der Waals surface area contributed by atoms with Gasteiger partial charge in [-0.1, -0.05) is 53.7 Å². The molecule has 27 heavy (non-hydrogen) atoms. The third kappa shape index (κ3) is 4.00. The highest BCUT2D eigenvalue weighted by Crippen LogP contribution is 2.40. The van der Waals surface area contributed by atoms with Crippen molar-refractivity contribution in [3.8, 4) is 11.5 Å². The molecule has 0 heterocycles. The highest BCUT2D eigenvalue weighted by Gasteiger charge is 2.25. The van der Waals surface area contributed by atoms with Gasteiger partial charge in [0.1, 0.15) is 11.5 Å². The van der Waals surface area contributed by atoms with E-state index in [2.05, 4.69) is 67.5 Å². The Kier molecular flexibility index (Phi) is 5.45. The van der Waals surface area contributed by atoms with Crippen LogP contribution in [0.1, 0.15) is 86.1 Å². The number of aryl methyl sites for hydroxylation is 2. The molecule has 2 heteroatoms. The molecule has 2 aromatic rings. The molecule has 0 aromatic heterocycles. The Labute approximate surface area is 165 Å². The molecule has 0 aliphatic heterocycles. The van der Waals surface area contributed by atoms with E-state index >= 15 is 0 Å². The van der Waals surface area contributed by atoms with E-state index in [1.807, 2.05) is 13.8 Å². The van der Waals surface area contributed by atoms with Crippen LogP contribution in [0.2, 0.25) is 0 Å². The first-order valence-electron chi connectivity index (χ1n) is 9.81. The number of phenols is 2. The second-order valence-electron chi connectivity index (χ2n) is 10.1. The van der Waals surface area contributed by atoms with E-state index < -0.39 is 0 Å². The molecule has 2 rings (SSSR count). The van der Waals surface area contributed by atoms with Crippen molar-refractivity contribution in [3.63, 3.8) is 0 Å². The fourth-order valence-corrected chi connectivity index (χ4v) is 3.89. The summed E-state index contributed by atoms with van der Waals surface area (Å²) in [5.41, 5.74) is 8.33. The van der Waals surface area contributed by atoms with E-state index in [0.29, 0.717) is 17.9 Å². The van der Waals surface area contributed by atoms with Crippen LogP contribution in [0.25, 0.3) is 0 Å². The van der Waals surface area contributed by atoms with Crippen LogP contribution in [0.5, 0.6) is 11.5 Å². The standard InChI is InChI=1S/C25H36O2/c1-14-11-20(24(5,6)7)22(26)16(3)18(14)13-19-15(2)12-21(25(8,9)10)23(27)17(19)4/h11-12,26-27H,13H2,1-10H3. The second kappa shape index (κ2) is 6.89. The SMILES string of the molecule is Cc1cc(C(C)(C)C)c(O)c(C)c1Cc1c(C)cc(C(C)(C)C)c(O)c1C. The fraction of sp³-hybridized carbons (Fsp3) is 0.520. The molecule has 0 radical (unpaired) electrons. The number of rotatable bonds is 2. The van der Waals surface area contributed by atoms with Crippen molar-refractivity contribution in [1.29, 1.82) is 0 Å². The maximum atomic E-state index is 10.8. The van der Waals surface area contributed by atoms with Crippen molar-refractivity contribution in [2.24, 2.45) is 0 Å². The van der Waals surface area contributed by atoms with E-state index in [0.717, 1.165) is 33.4 Å². The molecule has 0 bridgehead atoms. The van der Waals surface area contributed by atoms with Crippen LogP contribution in [0, 0.1) is 27.7 Å². The zero-order valence-electron chi connectivity index (χ0n) is 18.8. The molecule has 2 nitrogen and oxygen atoms in total. The summed E-state index contributed by atoms with van der Waals surface area (Å²) in [5.74, 6) is 0.794. The molecule has 0 fully saturated rings. The Morgan fingerprint density at radius 2 is 0.926 bits per heavy atom. The first kappa shape index (κ1) is 21.3. The van der Waals surface area contributed by atoms with Gasteiger partial charge >= 0.3 is 0 Å². The van der Waals surface area contributed by atoms with Gasteiger partial charge in [0.25, 0.3) is 0 Å². The highest BCUT2D eigenvalue weighted by molar-refractivity contribution is 5.56. The molecular weight excluding hydrogens is 332 g/mol. The molecule has 0 spiro atoms. The average Bonchev–Trinajstić information content (AvgIpc) is 2.51. The van der Waals surface area contributed by atoms with Crippen LogP contribution in [-0.4, -0.2) is 10.2 Å². The monoisotopic (exact) mass is 368 g/mol. The lowest BCUT2D eigenvalue weighted by atomic mass is 9.79. The van der Waals surface area contributed by atoms with Crippen molar-refractivity contribution in [2.45, 2.75) is 86.5 Å². The van der Waals surface area contributed by atoms with Gasteiger partial charge < -0.3 is 10.2 Å². The van der Waals surface area contributed by atoms with Crippen LogP contribution < -0.4 is 0 Å². The van der Waals surface area contributed by atoms with Gasteiger partial charge in [-0.05, 0) is 89.5 Å². The smallest absolute Gasteiger partial charge is 0.122 e. The van der Waals surface area contributed by atoms with E-state index in [1.54, 1.807) is 0 Å². The maximum Gasteiger partial charge on any atom is 0.122 e. The Hall–Kier alpha value is -1.96. The van der Waals surface area contributed by atoms with Crippen LogP contribution in [0.4, 0.5) is 0 Å². The fourth-order valence-electron chi connectivity index (χ4n) is 3.89. The lowest BCUT2D eigenvalue weighted by Crippen LogP contribution is -2.15. The molecule has 148 valence electrons. The zero-order chi connectivity index (χ0) is 20.9. The Morgan fingerprint density at radius 3 is 1.19 bits per heavy atom. The van der Waals surface area contributed by atoms with E-state index in [4.69, 9.17) is 0 Å². The lowest BCUT2D eigenvalue weighted by Gasteiger charge is -2.26. The lowest BCUT2D eigenvalue weighted by molar-refractivity contribution is 0.441. The van der Waals surface area contributed by atoms with Gasteiger partial charge in [0.05, 0.1) is 0 Å². The summed E-state index contributed by atoms with van der Waals surface area (Å²) in [4.78, 5) is 0. The first-order valence-corrected chi connectivity index (χ1v) is 9.81. The van der Waals surface area contributed by atoms with Crippen molar-refractivity contribution in [1.82, 2.24) is 0 Å². The minimum absolute atomic E-state index is 0.101. The van der Waals surface area contributed by atoms with Crippen LogP contribution >= 0.6 is 0 Å². The first-order chi connectivity index (χ1) is 12.2. The zero-order valence-corrected chi connectivity index (χ0v) is 18.8. The van der Waals surface area contributed by atoms with Gasteiger partial charge in [0.15, 0.2) is 0 Å². The van der Waals surface area contributed by atoms with Gasteiger partial charge in [-0.2, -0.15) is 0 Å². The number of hydrogen-bond acceptors (Lipinski definition) is 2. The van der Waals surface area contributed by atoms with Gasteiger partial charge in [0.2, 0.25) is 0 Å². The summed E-state index contributed by atoms with van der Waals surface area (Å²) < 4.78 is 0. The van der Waals surface area contributed by atoms with Crippen molar-refractivity contribution >= 4 is 0 Å². The second-order valence-corrected chi connectivity index (χ2v) is 10.1. The van der Waals surface area contributed by atoms with Crippen molar-refractivity contribution in [2.75, 3.05) is 0 Å². The minimum Gasteiger partial charge on any atom is -0.507 e. The molecule has 2 N–H and O–H groups in total. The molecule has 0 aliphatic carbocycles. The van der Waals surface area contributed by atoms with Crippen LogP contribution in [-0.2, 0) is 17.3 Å². The van der Waals surface area contributed by atoms with Gasteiger partial charge in [-0.25, -0.2) is 0 Å². The molecule has 2 aromatic carbocycles.